The average Bonchev–Trinajstić information content (AvgIpc) is 3.11. The lowest BCUT2D eigenvalue weighted by molar-refractivity contribution is -0.116. The van der Waals surface area contributed by atoms with Crippen molar-refractivity contribution >= 4 is 39.0 Å². The summed E-state index contributed by atoms with van der Waals surface area (Å²) in [5, 5.41) is 9.21. The Hall–Kier alpha value is -3.07. The Kier molecular flexibility index (Phi) is 6.38. The zero-order valence-electron chi connectivity index (χ0n) is 16.0. The fourth-order valence-electron chi connectivity index (χ4n) is 2.80. The first-order chi connectivity index (χ1) is 14.0. The summed E-state index contributed by atoms with van der Waals surface area (Å²) in [6.45, 7) is 3.76. The molecule has 0 aliphatic rings. The first kappa shape index (κ1) is 20.7. The summed E-state index contributed by atoms with van der Waals surface area (Å²) in [4.78, 5) is 37.7. The third kappa shape index (κ3) is 4.34. The maximum atomic E-state index is 13.7. The summed E-state index contributed by atoms with van der Waals surface area (Å²) in [6.07, 6.45) is 1.91. The fourth-order valence-corrected chi connectivity index (χ4v) is 3.75. The number of esters is 1. The van der Waals surface area contributed by atoms with Crippen LogP contribution in [-0.4, -0.2) is 28.3 Å². The first-order valence-corrected chi connectivity index (χ1v) is 10.1. The molecule has 0 saturated heterocycles. The highest BCUT2D eigenvalue weighted by Crippen LogP contribution is 2.31. The summed E-state index contributed by atoms with van der Waals surface area (Å²) < 4.78 is 19.7. The largest absolute Gasteiger partial charge is 0.461 e. The number of nitrogens with one attached hydrogen (secondary N) is 1. The monoisotopic (exact) mass is 417 g/mol. The highest BCUT2D eigenvalue weighted by Gasteiger charge is 2.23. The number of benzene rings is 1. The van der Waals surface area contributed by atoms with Crippen LogP contribution in [0.5, 0.6) is 0 Å². The molecule has 0 fully saturated rings. The third-order valence-corrected chi connectivity index (χ3v) is 5.08. The van der Waals surface area contributed by atoms with Crippen LogP contribution in [-0.2, 0) is 9.53 Å². The van der Waals surface area contributed by atoms with E-state index >= 15 is 0 Å². The van der Waals surface area contributed by atoms with Crippen LogP contribution in [0.15, 0.2) is 34.4 Å². The van der Waals surface area contributed by atoms with E-state index in [0.29, 0.717) is 11.4 Å². The van der Waals surface area contributed by atoms with Crippen LogP contribution in [0.2, 0.25) is 0 Å². The molecule has 3 aromatic rings. The van der Waals surface area contributed by atoms with Crippen molar-refractivity contribution in [3.05, 3.63) is 51.5 Å². The van der Waals surface area contributed by atoms with E-state index in [4.69, 9.17) is 4.74 Å². The lowest BCUT2D eigenvalue weighted by Crippen LogP contribution is -2.25. The average molecular weight is 417 g/mol. The minimum absolute atomic E-state index is 0.0731. The summed E-state index contributed by atoms with van der Waals surface area (Å²) in [7, 11) is 0. The normalized spacial score (nSPS) is 10.9. The maximum absolute atomic E-state index is 13.7. The second kappa shape index (κ2) is 8.95. The summed E-state index contributed by atoms with van der Waals surface area (Å²) in [5.74, 6) is -1.47. The van der Waals surface area contributed by atoms with Gasteiger partial charge in [0, 0.05) is 17.2 Å². The minimum atomic E-state index is -0.704. The molecule has 1 aromatic carbocycles. The summed E-state index contributed by atoms with van der Waals surface area (Å²) in [6, 6.07) is 5.32. The van der Waals surface area contributed by atoms with Gasteiger partial charge in [-0.3, -0.25) is 9.59 Å². The van der Waals surface area contributed by atoms with E-state index in [-0.39, 0.29) is 34.7 Å². The number of aromatic nitrogens is 2. The highest BCUT2D eigenvalue weighted by atomic mass is 32.1. The van der Waals surface area contributed by atoms with Gasteiger partial charge in [0.25, 0.3) is 5.56 Å². The van der Waals surface area contributed by atoms with Crippen molar-refractivity contribution in [3.8, 4) is 5.69 Å². The first-order valence-electron chi connectivity index (χ1n) is 9.23. The van der Waals surface area contributed by atoms with Crippen molar-refractivity contribution in [3.63, 3.8) is 0 Å². The molecule has 0 aliphatic heterocycles. The minimum Gasteiger partial charge on any atom is -0.461 e. The molecule has 29 heavy (non-hydrogen) atoms. The summed E-state index contributed by atoms with van der Waals surface area (Å²) in [5.41, 5.74) is -0.474. The topological polar surface area (TPSA) is 90.3 Å². The molecule has 0 bridgehead atoms. The molecule has 0 spiro atoms. The third-order valence-electron chi connectivity index (χ3n) is 4.18. The smallest absolute Gasteiger partial charge is 0.359 e. The van der Waals surface area contributed by atoms with Gasteiger partial charge < -0.3 is 10.1 Å². The number of halogens is 1. The van der Waals surface area contributed by atoms with Crippen LogP contribution >= 0.6 is 11.3 Å². The van der Waals surface area contributed by atoms with Gasteiger partial charge in [0.05, 0.1) is 17.7 Å². The lowest BCUT2D eigenvalue weighted by atomic mass is 10.2. The number of carbonyl (C=O) groups excluding carboxylic acids is 2. The Morgan fingerprint density at radius 1 is 1.31 bits per heavy atom. The molecule has 3 rings (SSSR count). The number of unbranched alkanes of at least 4 members (excludes halogenated alkanes) is 1. The molecule has 152 valence electrons. The molecule has 9 heteroatoms. The molecule has 0 atom stereocenters. The number of rotatable bonds is 7. The van der Waals surface area contributed by atoms with E-state index in [1.807, 2.05) is 6.92 Å². The Morgan fingerprint density at radius 2 is 2.10 bits per heavy atom. The van der Waals surface area contributed by atoms with E-state index in [2.05, 4.69) is 10.4 Å². The van der Waals surface area contributed by atoms with E-state index in [9.17, 15) is 18.8 Å². The van der Waals surface area contributed by atoms with Crippen LogP contribution in [0.1, 0.15) is 43.6 Å². The van der Waals surface area contributed by atoms with Crippen LogP contribution < -0.4 is 10.9 Å². The molecule has 2 aromatic heterocycles. The van der Waals surface area contributed by atoms with Crippen molar-refractivity contribution in [2.24, 2.45) is 0 Å². The standard InChI is InChI=1S/C20H20FN3O4S/c1-3-5-9-15(25)22-18-16-14(11-29-18)17(20(27)28-4-2)23-24(19(16)26)13-8-6-7-12(21)10-13/h6-8,10-11H,3-5,9H2,1-2H3,(H,22,25). The fraction of sp³-hybridized carbons (Fsp3) is 0.300. The number of thiophene rings is 1. The predicted molar refractivity (Wildman–Crippen MR) is 109 cm³/mol. The SMILES string of the molecule is CCCCC(=O)Nc1scc2c(C(=O)OCC)nn(-c3cccc(F)c3)c(=O)c12. The Bertz CT molecular complexity index is 1120. The number of nitrogens with zero attached hydrogens (tertiary/aromatic N) is 2. The van der Waals surface area contributed by atoms with E-state index in [1.165, 1.54) is 18.2 Å². The number of carbonyl (C=O) groups is 2. The number of amides is 1. The van der Waals surface area contributed by atoms with Crippen molar-refractivity contribution in [1.82, 2.24) is 9.78 Å². The number of fused-ring (bicyclic) bond motifs is 1. The predicted octanol–water partition coefficient (Wildman–Crippen LogP) is 3.89. The molecule has 0 saturated carbocycles. The van der Waals surface area contributed by atoms with Gasteiger partial charge in [-0.25, -0.2) is 9.18 Å². The second-order valence-electron chi connectivity index (χ2n) is 6.27. The Labute approximate surface area is 170 Å². The highest BCUT2D eigenvalue weighted by molar-refractivity contribution is 7.16. The molecule has 2 heterocycles. The van der Waals surface area contributed by atoms with Crippen LogP contribution in [0.25, 0.3) is 16.5 Å². The van der Waals surface area contributed by atoms with Gasteiger partial charge in [-0.2, -0.15) is 9.78 Å². The summed E-state index contributed by atoms with van der Waals surface area (Å²) >= 11 is 1.13. The number of hydrogen-bond acceptors (Lipinski definition) is 6. The Morgan fingerprint density at radius 3 is 2.79 bits per heavy atom. The quantitative estimate of drug-likeness (QED) is 0.589. The van der Waals surface area contributed by atoms with Crippen molar-refractivity contribution in [2.75, 3.05) is 11.9 Å². The van der Waals surface area contributed by atoms with Gasteiger partial charge in [-0.05, 0) is 31.5 Å². The number of hydrogen-bond donors (Lipinski definition) is 1. The van der Waals surface area contributed by atoms with Crippen LogP contribution in [0, 0.1) is 5.82 Å². The van der Waals surface area contributed by atoms with E-state index in [0.717, 1.165) is 34.9 Å². The van der Waals surface area contributed by atoms with Gasteiger partial charge in [-0.1, -0.05) is 19.4 Å². The van der Waals surface area contributed by atoms with Crippen LogP contribution in [0.4, 0.5) is 9.39 Å². The zero-order chi connectivity index (χ0) is 21.0. The van der Waals surface area contributed by atoms with E-state index < -0.39 is 17.3 Å². The van der Waals surface area contributed by atoms with Crippen molar-refractivity contribution in [1.29, 1.82) is 0 Å². The molecular formula is C20H20FN3O4S. The maximum Gasteiger partial charge on any atom is 0.359 e. The molecule has 0 aliphatic carbocycles. The molecule has 7 nitrogen and oxygen atoms in total. The van der Waals surface area contributed by atoms with Crippen LogP contribution in [0.3, 0.4) is 0 Å². The molecule has 0 radical (unpaired) electrons. The van der Waals surface area contributed by atoms with Gasteiger partial charge in [-0.15, -0.1) is 11.3 Å². The van der Waals surface area contributed by atoms with Gasteiger partial charge in [0.2, 0.25) is 5.91 Å². The van der Waals surface area contributed by atoms with Gasteiger partial charge in [0.1, 0.15) is 10.8 Å². The lowest BCUT2D eigenvalue weighted by Gasteiger charge is -2.10. The molecule has 1 N–H and O–H groups in total. The Balaban J connectivity index is 2.20. The second-order valence-corrected chi connectivity index (χ2v) is 7.15. The molecule has 0 unspecified atom stereocenters. The number of ether oxygens (including phenoxy) is 1. The molecule has 1 amide bonds. The van der Waals surface area contributed by atoms with Gasteiger partial charge in [0.15, 0.2) is 5.69 Å². The molecular weight excluding hydrogens is 397 g/mol. The van der Waals surface area contributed by atoms with Crippen molar-refractivity contribution < 1.29 is 18.7 Å². The van der Waals surface area contributed by atoms with Crippen molar-refractivity contribution in [2.45, 2.75) is 33.1 Å². The van der Waals surface area contributed by atoms with E-state index in [1.54, 1.807) is 12.3 Å². The number of anilines is 1. The van der Waals surface area contributed by atoms with Gasteiger partial charge >= 0.3 is 5.97 Å². The zero-order valence-corrected chi connectivity index (χ0v) is 16.8.